The highest BCUT2D eigenvalue weighted by atomic mass is 16.5. The van der Waals surface area contributed by atoms with Crippen LogP contribution in [-0.4, -0.2) is 29.4 Å². The highest BCUT2D eigenvalue weighted by molar-refractivity contribution is 5.93. The molecule has 0 spiro atoms. The fraction of sp³-hybridized carbons (Fsp3) is 0.250. The van der Waals surface area contributed by atoms with Crippen LogP contribution in [0.3, 0.4) is 0 Å². The van der Waals surface area contributed by atoms with Gasteiger partial charge >= 0.3 is 0 Å². The van der Waals surface area contributed by atoms with E-state index in [0.717, 1.165) is 16.3 Å². The van der Waals surface area contributed by atoms with Crippen molar-refractivity contribution in [1.82, 2.24) is 15.1 Å². The molecule has 6 heteroatoms. The van der Waals surface area contributed by atoms with Gasteiger partial charge in [-0.05, 0) is 29.3 Å². The van der Waals surface area contributed by atoms with Gasteiger partial charge in [-0.2, -0.15) is 5.10 Å². The molecular formula is C20H21N3O3. The van der Waals surface area contributed by atoms with Crippen molar-refractivity contribution in [2.24, 2.45) is 0 Å². The molecule has 0 radical (unpaired) electrons. The van der Waals surface area contributed by atoms with E-state index in [0.29, 0.717) is 13.2 Å². The molecule has 134 valence electrons. The molecule has 1 heterocycles. The summed E-state index contributed by atoms with van der Waals surface area (Å²) in [5.74, 6) is -0.323. The first-order valence-corrected chi connectivity index (χ1v) is 8.46. The van der Waals surface area contributed by atoms with Gasteiger partial charge < -0.3 is 10.1 Å². The lowest BCUT2D eigenvalue weighted by atomic mass is 9.99. The first kappa shape index (κ1) is 17.8. The number of fused-ring (bicyclic) bond motifs is 1. The number of carbonyl (C=O) groups is 1. The lowest BCUT2D eigenvalue weighted by Crippen LogP contribution is -2.31. The van der Waals surface area contributed by atoms with Crippen LogP contribution in [0.25, 0.3) is 10.8 Å². The van der Waals surface area contributed by atoms with Crippen LogP contribution < -0.4 is 10.9 Å². The molecule has 0 bridgehead atoms. The van der Waals surface area contributed by atoms with Crippen LogP contribution in [0.15, 0.2) is 59.4 Å². The van der Waals surface area contributed by atoms with E-state index in [1.54, 1.807) is 7.11 Å². The fourth-order valence-electron chi connectivity index (χ4n) is 2.88. The first-order valence-electron chi connectivity index (χ1n) is 8.46. The highest BCUT2D eigenvalue weighted by Crippen LogP contribution is 2.24. The normalized spacial score (nSPS) is 12.1. The molecule has 0 fully saturated rings. The summed E-state index contributed by atoms with van der Waals surface area (Å²) in [6.45, 7) is 2.58. The maximum absolute atomic E-state index is 12.6. The van der Waals surface area contributed by atoms with Crippen LogP contribution >= 0.6 is 0 Å². The quantitative estimate of drug-likeness (QED) is 0.741. The Labute approximate surface area is 151 Å². The second-order valence-electron chi connectivity index (χ2n) is 6.04. The molecule has 0 saturated heterocycles. The largest absolute Gasteiger partial charge is 0.383 e. The monoisotopic (exact) mass is 351 g/mol. The molecule has 0 aliphatic carbocycles. The predicted octanol–water partition coefficient (Wildman–Crippen LogP) is 2.53. The van der Waals surface area contributed by atoms with Crippen LogP contribution in [-0.2, 0) is 11.3 Å². The average Bonchev–Trinajstić information content (AvgIpc) is 2.66. The second kappa shape index (κ2) is 7.93. The van der Waals surface area contributed by atoms with Gasteiger partial charge in [-0.1, -0.05) is 42.5 Å². The third-order valence-corrected chi connectivity index (χ3v) is 4.24. The summed E-state index contributed by atoms with van der Waals surface area (Å²) in [6.07, 6.45) is 0. The maximum atomic E-state index is 12.6. The maximum Gasteiger partial charge on any atom is 0.272 e. The number of aromatic nitrogens is 2. The van der Waals surface area contributed by atoms with E-state index in [9.17, 15) is 9.59 Å². The van der Waals surface area contributed by atoms with Gasteiger partial charge in [-0.3, -0.25) is 9.59 Å². The van der Waals surface area contributed by atoms with Gasteiger partial charge in [0.1, 0.15) is 5.69 Å². The summed E-state index contributed by atoms with van der Waals surface area (Å²) in [4.78, 5) is 24.4. The van der Waals surface area contributed by atoms with E-state index in [4.69, 9.17) is 4.74 Å². The van der Waals surface area contributed by atoms with Crippen LogP contribution in [0.4, 0.5) is 0 Å². The van der Waals surface area contributed by atoms with E-state index in [1.165, 1.54) is 16.8 Å². The number of carbonyl (C=O) groups excluding carboxylic acids is 1. The number of amides is 1. The van der Waals surface area contributed by atoms with E-state index in [-0.39, 0.29) is 23.2 Å². The smallest absolute Gasteiger partial charge is 0.272 e. The number of benzene rings is 2. The van der Waals surface area contributed by atoms with E-state index < -0.39 is 0 Å². The van der Waals surface area contributed by atoms with Crippen LogP contribution in [0.2, 0.25) is 0 Å². The summed E-state index contributed by atoms with van der Waals surface area (Å²) in [5, 5.41) is 9.31. The zero-order chi connectivity index (χ0) is 18.5. The summed E-state index contributed by atoms with van der Waals surface area (Å²) < 4.78 is 6.20. The molecule has 0 saturated carbocycles. The molecule has 1 aromatic heterocycles. The van der Waals surface area contributed by atoms with Crippen molar-refractivity contribution >= 4 is 16.7 Å². The topological polar surface area (TPSA) is 73.2 Å². The number of rotatable bonds is 6. The minimum Gasteiger partial charge on any atom is -0.383 e. The van der Waals surface area contributed by atoms with Gasteiger partial charge in [-0.25, -0.2) is 4.68 Å². The number of nitrogens with one attached hydrogen (secondary N) is 1. The van der Waals surface area contributed by atoms with E-state index in [2.05, 4.69) is 10.4 Å². The molecule has 1 atom stereocenters. The predicted molar refractivity (Wildman–Crippen MR) is 100 cm³/mol. The number of hydrogen-bond donors (Lipinski definition) is 1. The summed E-state index contributed by atoms with van der Waals surface area (Å²) in [5.41, 5.74) is 0.970. The van der Waals surface area contributed by atoms with Crippen LogP contribution in [0.1, 0.15) is 29.0 Å². The Morgan fingerprint density at radius 1 is 1.15 bits per heavy atom. The van der Waals surface area contributed by atoms with Crippen molar-refractivity contribution in [3.05, 3.63) is 76.2 Å². The average molecular weight is 351 g/mol. The van der Waals surface area contributed by atoms with Crippen molar-refractivity contribution in [3.63, 3.8) is 0 Å². The van der Waals surface area contributed by atoms with Crippen molar-refractivity contribution in [2.75, 3.05) is 13.7 Å². The van der Waals surface area contributed by atoms with Crippen molar-refractivity contribution in [2.45, 2.75) is 19.5 Å². The van der Waals surface area contributed by atoms with Crippen LogP contribution in [0.5, 0.6) is 0 Å². The molecule has 1 N–H and O–H groups in total. The van der Waals surface area contributed by atoms with Gasteiger partial charge in [0.2, 0.25) is 0 Å². The Bertz CT molecular complexity index is 976. The van der Waals surface area contributed by atoms with Gasteiger partial charge in [0.05, 0.1) is 19.2 Å². The van der Waals surface area contributed by atoms with Gasteiger partial charge in [0.15, 0.2) is 0 Å². The molecule has 26 heavy (non-hydrogen) atoms. The fourth-order valence-corrected chi connectivity index (χ4v) is 2.88. The van der Waals surface area contributed by atoms with Gasteiger partial charge in [0.25, 0.3) is 11.5 Å². The standard InChI is InChI=1S/C20H21N3O3/c1-14(16-9-5-7-15-6-3-4-8-17(15)16)21-20(25)18-10-11-19(24)23(22-18)12-13-26-2/h3-11,14H,12-13H2,1-2H3,(H,21,25)/t14-/m1/s1. The molecular weight excluding hydrogens is 330 g/mol. The highest BCUT2D eigenvalue weighted by Gasteiger charge is 2.15. The number of methoxy groups -OCH3 is 1. The van der Waals surface area contributed by atoms with Crippen LogP contribution in [0, 0.1) is 0 Å². The molecule has 3 rings (SSSR count). The molecule has 0 aliphatic rings. The van der Waals surface area contributed by atoms with E-state index in [1.807, 2.05) is 49.4 Å². The molecule has 2 aromatic carbocycles. The Morgan fingerprint density at radius 2 is 1.92 bits per heavy atom. The summed E-state index contributed by atoms with van der Waals surface area (Å²) in [6, 6.07) is 16.7. The molecule has 1 amide bonds. The lowest BCUT2D eigenvalue weighted by molar-refractivity contribution is 0.0931. The zero-order valence-electron chi connectivity index (χ0n) is 14.8. The SMILES string of the molecule is COCCn1nc(C(=O)N[C@H](C)c2cccc3ccccc23)ccc1=O. The van der Waals surface area contributed by atoms with Crippen molar-refractivity contribution in [3.8, 4) is 0 Å². The van der Waals surface area contributed by atoms with Crippen molar-refractivity contribution < 1.29 is 9.53 Å². The molecule has 3 aromatic rings. The van der Waals surface area contributed by atoms with Crippen molar-refractivity contribution in [1.29, 1.82) is 0 Å². The Kier molecular flexibility index (Phi) is 5.43. The zero-order valence-corrected chi connectivity index (χ0v) is 14.8. The minimum absolute atomic E-state index is 0.199. The molecule has 0 unspecified atom stereocenters. The Hall–Kier alpha value is -2.99. The summed E-state index contributed by atoms with van der Waals surface area (Å²) in [7, 11) is 1.55. The third kappa shape index (κ3) is 3.81. The van der Waals surface area contributed by atoms with E-state index >= 15 is 0 Å². The number of hydrogen-bond acceptors (Lipinski definition) is 4. The lowest BCUT2D eigenvalue weighted by Gasteiger charge is -2.16. The number of ether oxygens (including phenoxy) is 1. The number of nitrogens with zero attached hydrogens (tertiary/aromatic N) is 2. The Balaban J connectivity index is 1.82. The molecule has 0 aliphatic heterocycles. The first-order chi connectivity index (χ1) is 12.6. The minimum atomic E-state index is -0.323. The second-order valence-corrected chi connectivity index (χ2v) is 6.04. The Morgan fingerprint density at radius 3 is 2.73 bits per heavy atom. The summed E-state index contributed by atoms with van der Waals surface area (Å²) >= 11 is 0. The third-order valence-electron chi connectivity index (χ3n) is 4.24. The molecule has 6 nitrogen and oxygen atoms in total. The van der Waals surface area contributed by atoms with Gasteiger partial charge in [0, 0.05) is 13.2 Å². The van der Waals surface area contributed by atoms with Gasteiger partial charge in [-0.15, -0.1) is 0 Å².